The van der Waals surface area contributed by atoms with Gasteiger partial charge in [-0.2, -0.15) is 5.10 Å². The van der Waals surface area contributed by atoms with Gasteiger partial charge in [0.05, 0.1) is 5.69 Å². The van der Waals surface area contributed by atoms with E-state index in [9.17, 15) is 4.79 Å². The van der Waals surface area contributed by atoms with Crippen molar-refractivity contribution >= 4 is 38.9 Å². The highest BCUT2D eigenvalue weighted by molar-refractivity contribution is 9.10. The molecule has 1 aliphatic heterocycles. The molecule has 0 aliphatic carbocycles. The number of nitrogens with zero attached hydrogens (tertiary/aromatic N) is 3. The van der Waals surface area contributed by atoms with E-state index in [2.05, 4.69) is 43.5 Å². The van der Waals surface area contributed by atoms with E-state index in [0.717, 1.165) is 36.3 Å². The molecule has 0 saturated carbocycles. The Balaban J connectivity index is 1.65. The van der Waals surface area contributed by atoms with E-state index in [0.29, 0.717) is 5.84 Å². The molecular formula is C19H21BrN4O. The molecule has 0 unspecified atom stereocenters. The Morgan fingerprint density at radius 2 is 1.64 bits per heavy atom. The van der Waals surface area contributed by atoms with E-state index in [1.165, 1.54) is 5.69 Å². The van der Waals surface area contributed by atoms with Gasteiger partial charge in [0, 0.05) is 43.3 Å². The number of hydrogen-bond acceptors (Lipinski definition) is 4. The first kappa shape index (κ1) is 17.5. The number of hydrazone groups is 1. The van der Waals surface area contributed by atoms with Crippen LogP contribution in [0.3, 0.4) is 0 Å². The minimum absolute atomic E-state index is 0.0298. The Bertz CT molecular complexity index is 738. The maximum Gasteiger partial charge on any atom is 0.196 e. The van der Waals surface area contributed by atoms with Crippen LogP contribution in [0.25, 0.3) is 0 Å². The molecule has 0 bridgehead atoms. The molecular weight excluding hydrogens is 380 g/mol. The molecule has 2 aromatic rings. The first-order chi connectivity index (χ1) is 12.1. The number of para-hydroxylation sites is 1. The summed E-state index contributed by atoms with van der Waals surface area (Å²) in [5.74, 6) is 0.452. The van der Waals surface area contributed by atoms with Gasteiger partial charge in [-0.3, -0.25) is 10.2 Å². The summed E-state index contributed by atoms with van der Waals surface area (Å²) in [4.78, 5) is 16.4. The normalized spacial score (nSPS) is 15.2. The summed E-state index contributed by atoms with van der Waals surface area (Å²) < 4.78 is 1.01. The number of Topliss-reactive ketones (excluding diaryl/α,β-unsaturated/α-hetero) is 1. The molecule has 2 aromatic carbocycles. The van der Waals surface area contributed by atoms with Crippen molar-refractivity contribution in [1.82, 2.24) is 4.90 Å². The molecule has 1 aliphatic rings. The molecule has 0 spiro atoms. The first-order valence-corrected chi connectivity index (χ1v) is 9.08. The van der Waals surface area contributed by atoms with Gasteiger partial charge in [0.2, 0.25) is 0 Å². The van der Waals surface area contributed by atoms with Gasteiger partial charge in [0.15, 0.2) is 11.6 Å². The van der Waals surface area contributed by atoms with Crippen LogP contribution in [0.2, 0.25) is 0 Å². The summed E-state index contributed by atoms with van der Waals surface area (Å²) in [5.41, 5.74) is 5.06. The lowest BCUT2D eigenvalue weighted by Crippen LogP contribution is -2.50. The summed E-state index contributed by atoms with van der Waals surface area (Å²) in [6, 6.07) is 18.0. The zero-order chi connectivity index (χ0) is 17.6. The van der Waals surface area contributed by atoms with Crippen LogP contribution in [-0.2, 0) is 4.79 Å². The van der Waals surface area contributed by atoms with E-state index in [1.54, 1.807) is 6.92 Å². The van der Waals surface area contributed by atoms with Crippen LogP contribution in [0.5, 0.6) is 0 Å². The van der Waals surface area contributed by atoms with Crippen LogP contribution in [-0.4, -0.2) is 42.7 Å². The van der Waals surface area contributed by atoms with Crippen molar-refractivity contribution in [2.24, 2.45) is 5.10 Å². The maximum atomic E-state index is 12.0. The third-order valence-electron chi connectivity index (χ3n) is 4.15. The summed E-state index contributed by atoms with van der Waals surface area (Å²) in [6.45, 7) is 4.85. The Kier molecular flexibility index (Phi) is 5.71. The zero-order valence-corrected chi connectivity index (χ0v) is 15.7. The second-order valence-corrected chi connectivity index (χ2v) is 6.84. The lowest BCUT2D eigenvalue weighted by Gasteiger charge is -2.37. The Morgan fingerprint density at radius 3 is 2.24 bits per heavy atom. The molecule has 5 nitrogen and oxygen atoms in total. The van der Waals surface area contributed by atoms with Crippen molar-refractivity contribution < 1.29 is 4.79 Å². The predicted octanol–water partition coefficient (Wildman–Crippen LogP) is 3.59. The average Bonchev–Trinajstić information content (AvgIpc) is 2.64. The van der Waals surface area contributed by atoms with Crippen molar-refractivity contribution in [1.29, 1.82) is 0 Å². The Labute approximate surface area is 156 Å². The molecule has 0 atom stereocenters. The smallest absolute Gasteiger partial charge is 0.196 e. The van der Waals surface area contributed by atoms with E-state index in [4.69, 9.17) is 0 Å². The molecule has 1 saturated heterocycles. The zero-order valence-electron chi connectivity index (χ0n) is 14.2. The van der Waals surface area contributed by atoms with Gasteiger partial charge in [-0.15, -0.1) is 0 Å². The van der Waals surface area contributed by atoms with E-state index < -0.39 is 0 Å². The molecule has 6 heteroatoms. The summed E-state index contributed by atoms with van der Waals surface area (Å²) in [6.07, 6.45) is 0. The van der Waals surface area contributed by atoms with Gasteiger partial charge < -0.3 is 9.80 Å². The number of hydrogen-bond donors (Lipinski definition) is 1. The van der Waals surface area contributed by atoms with Crippen LogP contribution in [0, 0.1) is 0 Å². The number of benzene rings is 2. The highest BCUT2D eigenvalue weighted by atomic mass is 79.9. The van der Waals surface area contributed by atoms with Crippen LogP contribution in [0.4, 0.5) is 11.4 Å². The van der Waals surface area contributed by atoms with Gasteiger partial charge in [0.25, 0.3) is 0 Å². The Morgan fingerprint density at radius 1 is 1.00 bits per heavy atom. The van der Waals surface area contributed by atoms with Crippen molar-refractivity contribution in [3.63, 3.8) is 0 Å². The number of amidine groups is 1. The van der Waals surface area contributed by atoms with Crippen molar-refractivity contribution in [3.8, 4) is 0 Å². The van der Waals surface area contributed by atoms with Crippen LogP contribution >= 0.6 is 15.9 Å². The average molecular weight is 401 g/mol. The lowest BCUT2D eigenvalue weighted by atomic mass is 10.2. The van der Waals surface area contributed by atoms with Crippen LogP contribution < -0.4 is 10.3 Å². The number of rotatable bonds is 4. The fourth-order valence-corrected chi connectivity index (χ4v) is 3.09. The van der Waals surface area contributed by atoms with E-state index >= 15 is 0 Å². The predicted molar refractivity (Wildman–Crippen MR) is 106 cm³/mol. The monoisotopic (exact) mass is 400 g/mol. The van der Waals surface area contributed by atoms with Crippen molar-refractivity contribution in [3.05, 3.63) is 59.1 Å². The fraction of sp³-hybridized carbons (Fsp3) is 0.263. The van der Waals surface area contributed by atoms with E-state index in [-0.39, 0.29) is 5.78 Å². The highest BCUT2D eigenvalue weighted by Gasteiger charge is 2.22. The molecule has 1 fully saturated rings. The summed E-state index contributed by atoms with van der Waals surface area (Å²) >= 11 is 3.41. The van der Waals surface area contributed by atoms with E-state index in [1.807, 2.05) is 47.4 Å². The van der Waals surface area contributed by atoms with Gasteiger partial charge in [-0.1, -0.05) is 34.1 Å². The number of carbonyl (C=O) groups excluding carboxylic acids is 1. The standard InChI is InChI=1S/C19H21BrN4O/c1-15(25)19(22-21-17-9-7-16(20)8-10-17)24-13-11-23(12-14-24)18-5-3-2-4-6-18/h2-10,21H,11-14H2,1H3/b22-19-. The minimum atomic E-state index is -0.0298. The van der Waals surface area contributed by atoms with Crippen LogP contribution in [0.15, 0.2) is 64.2 Å². The minimum Gasteiger partial charge on any atom is -0.368 e. The number of ketones is 1. The quantitative estimate of drug-likeness (QED) is 0.483. The molecule has 25 heavy (non-hydrogen) atoms. The molecule has 130 valence electrons. The first-order valence-electron chi connectivity index (χ1n) is 8.28. The number of carbonyl (C=O) groups is 1. The van der Waals surface area contributed by atoms with Gasteiger partial charge in [-0.05, 0) is 36.4 Å². The second kappa shape index (κ2) is 8.16. The van der Waals surface area contributed by atoms with Crippen molar-refractivity contribution in [2.45, 2.75) is 6.92 Å². The maximum absolute atomic E-state index is 12.0. The largest absolute Gasteiger partial charge is 0.368 e. The third kappa shape index (κ3) is 4.60. The third-order valence-corrected chi connectivity index (χ3v) is 4.68. The number of anilines is 2. The lowest BCUT2D eigenvalue weighted by molar-refractivity contribution is -0.111. The Hall–Kier alpha value is -2.34. The molecule has 0 amide bonds. The van der Waals surface area contributed by atoms with Crippen molar-refractivity contribution in [2.75, 3.05) is 36.5 Å². The van der Waals surface area contributed by atoms with Gasteiger partial charge in [-0.25, -0.2) is 0 Å². The second-order valence-electron chi connectivity index (χ2n) is 5.92. The number of nitrogens with one attached hydrogen (secondary N) is 1. The number of halogens is 1. The summed E-state index contributed by atoms with van der Waals surface area (Å²) in [5, 5.41) is 4.35. The molecule has 0 radical (unpaired) electrons. The topological polar surface area (TPSA) is 47.9 Å². The fourth-order valence-electron chi connectivity index (χ4n) is 2.83. The number of piperazine rings is 1. The highest BCUT2D eigenvalue weighted by Crippen LogP contribution is 2.17. The van der Waals surface area contributed by atoms with Crippen LogP contribution in [0.1, 0.15) is 6.92 Å². The molecule has 1 N–H and O–H groups in total. The molecule has 3 rings (SSSR count). The van der Waals surface area contributed by atoms with Gasteiger partial charge in [0.1, 0.15) is 0 Å². The molecule has 1 heterocycles. The summed E-state index contributed by atoms with van der Waals surface area (Å²) in [7, 11) is 0. The SMILES string of the molecule is CC(=O)/C(=N/Nc1ccc(Br)cc1)N1CCN(c2ccccc2)CC1. The van der Waals surface area contributed by atoms with Gasteiger partial charge >= 0.3 is 0 Å². The molecule has 0 aromatic heterocycles.